The molecule has 0 fully saturated rings. The van der Waals surface area contributed by atoms with Gasteiger partial charge in [-0.25, -0.2) is 8.42 Å². The van der Waals surface area contributed by atoms with Crippen LogP contribution in [0.1, 0.15) is 24.2 Å². The van der Waals surface area contributed by atoms with Crippen LogP contribution in [0.5, 0.6) is 0 Å². The molecule has 25 heavy (non-hydrogen) atoms. The van der Waals surface area contributed by atoms with E-state index in [1.54, 1.807) is 31.4 Å². The van der Waals surface area contributed by atoms with E-state index in [0.29, 0.717) is 0 Å². The van der Waals surface area contributed by atoms with Crippen LogP contribution in [0.4, 0.5) is 5.69 Å². The van der Waals surface area contributed by atoms with E-state index < -0.39 is 28.4 Å². The smallest absolute Gasteiger partial charge is 0.323 e. The zero-order valence-corrected chi connectivity index (χ0v) is 15.3. The van der Waals surface area contributed by atoms with Gasteiger partial charge in [-0.3, -0.25) is 14.3 Å². The molecule has 0 atom stereocenters. The standard InChI is InChI=1S/C16H18N2O5S2/c1-11(2)18(10-14(19)20)16(21)12-5-3-6-13(9-12)17-25(22,23)15-7-4-8-24-15/h3-9,11,17H,10H2,1-2H3,(H,19,20). The maximum Gasteiger partial charge on any atom is 0.323 e. The fourth-order valence-corrected chi connectivity index (χ4v) is 4.18. The number of hydrogen-bond acceptors (Lipinski definition) is 5. The molecule has 134 valence electrons. The molecule has 1 aromatic heterocycles. The summed E-state index contributed by atoms with van der Waals surface area (Å²) in [6.07, 6.45) is 0. The largest absolute Gasteiger partial charge is 0.480 e. The summed E-state index contributed by atoms with van der Waals surface area (Å²) in [5, 5.41) is 10.6. The van der Waals surface area contributed by atoms with Gasteiger partial charge in [0.1, 0.15) is 10.8 Å². The average molecular weight is 382 g/mol. The van der Waals surface area contributed by atoms with Crippen LogP contribution in [-0.4, -0.2) is 42.9 Å². The van der Waals surface area contributed by atoms with Gasteiger partial charge < -0.3 is 10.0 Å². The summed E-state index contributed by atoms with van der Waals surface area (Å²) < 4.78 is 27.1. The summed E-state index contributed by atoms with van der Waals surface area (Å²) in [5.41, 5.74) is 0.444. The summed E-state index contributed by atoms with van der Waals surface area (Å²) in [7, 11) is -3.72. The minimum atomic E-state index is -3.72. The first-order chi connectivity index (χ1) is 11.7. The van der Waals surface area contributed by atoms with Gasteiger partial charge in [-0.05, 0) is 43.5 Å². The fraction of sp³-hybridized carbons (Fsp3) is 0.250. The highest BCUT2D eigenvalue weighted by Crippen LogP contribution is 2.21. The first kappa shape index (κ1) is 18.9. The summed E-state index contributed by atoms with van der Waals surface area (Å²) in [6.45, 7) is 3.00. The van der Waals surface area contributed by atoms with Gasteiger partial charge in [0.05, 0.1) is 0 Å². The molecule has 0 aliphatic heterocycles. The van der Waals surface area contributed by atoms with E-state index in [1.807, 2.05) is 0 Å². The van der Waals surface area contributed by atoms with Crippen LogP contribution >= 0.6 is 11.3 Å². The molecule has 1 amide bonds. The first-order valence-electron chi connectivity index (χ1n) is 7.40. The van der Waals surface area contributed by atoms with Crippen molar-refractivity contribution in [2.45, 2.75) is 24.1 Å². The molecule has 2 rings (SSSR count). The average Bonchev–Trinajstić information content (AvgIpc) is 3.06. The van der Waals surface area contributed by atoms with E-state index in [9.17, 15) is 18.0 Å². The Kier molecular flexibility index (Phi) is 5.81. The van der Waals surface area contributed by atoms with E-state index in [0.717, 1.165) is 11.3 Å². The zero-order chi connectivity index (χ0) is 18.6. The van der Waals surface area contributed by atoms with Gasteiger partial charge in [0, 0.05) is 17.3 Å². The Bertz CT molecular complexity index is 860. The normalized spacial score (nSPS) is 11.3. The first-order valence-corrected chi connectivity index (χ1v) is 9.76. The number of sulfonamides is 1. The third kappa shape index (κ3) is 4.80. The summed E-state index contributed by atoms with van der Waals surface area (Å²) in [5.74, 6) is -1.59. The highest BCUT2D eigenvalue weighted by Gasteiger charge is 2.22. The fourth-order valence-electron chi connectivity index (χ4n) is 2.14. The van der Waals surface area contributed by atoms with E-state index in [-0.39, 0.29) is 21.5 Å². The van der Waals surface area contributed by atoms with Gasteiger partial charge >= 0.3 is 5.97 Å². The molecular weight excluding hydrogens is 364 g/mol. The van der Waals surface area contributed by atoms with Crippen LogP contribution < -0.4 is 4.72 Å². The summed E-state index contributed by atoms with van der Waals surface area (Å²) in [6, 6.07) is 8.78. The molecule has 7 nitrogen and oxygen atoms in total. The maximum absolute atomic E-state index is 12.6. The van der Waals surface area contributed by atoms with Crippen molar-refractivity contribution in [2.75, 3.05) is 11.3 Å². The minimum absolute atomic E-state index is 0.166. The number of amides is 1. The van der Waals surface area contributed by atoms with E-state index in [2.05, 4.69) is 4.72 Å². The van der Waals surface area contributed by atoms with Crippen LogP contribution in [0, 0.1) is 0 Å². The minimum Gasteiger partial charge on any atom is -0.480 e. The third-order valence-electron chi connectivity index (χ3n) is 3.31. The Morgan fingerprint density at radius 3 is 2.52 bits per heavy atom. The Labute approximate surface area is 150 Å². The lowest BCUT2D eigenvalue weighted by Gasteiger charge is -2.25. The van der Waals surface area contributed by atoms with Crippen LogP contribution in [0.15, 0.2) is 46.0 Å². The van der Waals surface area contributed by atoms with Crippen molar-refractivity contribution in [1.29, 1.82) is 0 Å². The second-order valence-electron chi connectivity index (χ2n) is 5.54. The van der Waals surface area contributed by atoms with E-state index in [1.165, 1.54) is 29.2 Å². The quantitative estimate of drug-likeness (QED) is 0.766. The van der Waals surface area contributed by atoms with Gasteiger partial charge in [-0.15, -0.1) is 11.3 Å². The number of benzene rings is 1. The Balaban J connectivity index is 2.26. The predicted octanol–water partition coefficient (Wildman–Crippen LogP) is 2.48. The van der Waals surface area contributed by atoms with Crippen molar-refractivity contribution >= 4 is 38.9 Å². The van der Waals surface area contributed by atoms with E-state index in [4.69, 9.17) is 5.11 Å². The number of anilines is 1. The molecule has 0 saturated heterocycles. The highest BCUT2D eigenvalue weighted by molar-refractivity contribution is 7.94. The van der Waals surface area contributed by atoms with Gasteiger partial charge in [-0.1, -0.05) is 12.1 Å². The van der Waals surface area contributed by atoms with Crippen molar-refractivity contribution in [3.8, 4) is 0 Å². The molecule has 0 aliphatic carbocycles. The molecule has 2 N–H and O–H groups in total. The summed E-state index contributed by atoms with van der Waals surface area (Å²) >= 11 is 1.08. The van der Waals surface area contributed by atoms with E-state index >= 15 is 0 Å². The third-order valence-corrected chi connectivity index (χ3v) is 6.09. The molecule has 2 aromatic rings. The highest BCUT2D eigenvalue weighted by atomic mass is 32.2. The molecule has 0 bridgehead atoms. The molecule has 0 spiro atoms. The number of thiophene rings is 1. The maximum atomic E-state index is 12.6. The van der Waals surface area contributed by atoms with Crippen LogP contribution in [0.2, 0.25) is 0 Å². The number of carboxylic acid groups (broad SMARTS) is 1. The molecule has 0 saturated carbocycles. The molecular formula is C16H18N2O5S2. The van der Waals surface area contributed by atoms with Crippen molar-refractivity contribution in [3.63, 3.8) is 0 Å². The number of hydrogen-bond donors (Lipinski definition) is 2. The van der Waals surface area contributed by atoms with Crippen molar-refractivity contribution in [2.24, 2.45) is 0 Å². The SMILES string of the molecule is CC(C)N(CC(=O)O)C(=O)c1cccc(NS(=O)(=O)c2cccs2)c1. The van der Waals surface area contributed by atoms with Gasteiger partial charge in [0.25, 0.3) is 15.9 Å². The summed E-state index contributed by atoms with van der Waals surface area (Å²) in [4.78, 5) is 24.7. The number of aliphatic carboxylic acids is 1. The topological polar surface area (TPSA) is 104 Å². The van der Waals surface area contributed by atoms with Crippen molar-refractivity contribution in [1.82, 2.24) is 4.90 Å². The number of rotatable bonds is 7. The van der Waals surface area contributed by atoms with Crippen LogP contribution in [0.3, 0.4) is 0 Å². The molecule has 0 radical (unpaired) electrons. The monoisotopic (exact) mass is 382 g/mol. The Hall–Kier alpha value is -2.39. The van der Waals surface area contributed by atoms with Crippen molar-refractivity contribution < 1.29 is 23.1 Å². The number of nitrogens with one attached hydrogen (secondary N) is 1. The number of nitrogens with zero attached hydrogens (tertiary/aromatic N) is 1. The van der Waals surface area contributed by atoms with Crippen LogP contribution in [0.25, 0.3) is 0 Å². The molecule has 1 heterocycles. The van der Waals surface area contributed by atoms with Gasteiger partial charge in [0.2, 0.25) is 0 Å². The molecule has 0 aliphatic rings. The van der Waals surface area contributed by atoms with Gasteiger partial charge in [0.15, 0.2) is 0 Å². The predicted molar refractivity (Wildman–Crippen MR) is 95.4 cm³/mol. The Morgan fingerprint density at radius 1 is 1.24 bits per heavy atom. The lowest BCUT2D eigenvalue weighted by molar-refractivity contribution is -0.138. The zero-order valence-electron chi connectivity index (χ0n) is 13.7. The molecule has 9 heteroatoms. The molecule has 0 unspecified atom stereocenters. The molecule has 1 aromatic carbocycles. The second kappa shape index (κ2) is 7.66. The second-order valence-corrected chi connectivity index (χ2v) is 8.40. The number of carboxylic acids is 1. The van der Waals surface area contributed by atoms with Gasteiger partial charge in [-0.2, -0.15) is 0 Å². The lowest BCUT2D eigenvalue weighted by atomic mass is 10.1. The Morgan fingerprint density at radius 2 is 1.96 bits per heavy atom. The van der Waals surface area contributed by atoms with Crippen LogP contribution in [-0.2, 0) is 14.8 Å². The van der Waals surface area contributed by atoms with Crippen molar-refractivity contribution in [3.05, 3.63) is 47.3 Å². The number of carbonyl (C=O) groups is 2. The lowest BCUT2D eigenvalue weighted by Crippen LogP contribution is -2.40. The number of carbonyl (C=O) groups excluding carboxylic acids is 1.